The maximum absolute atomic E-state index is 12.1. The Bertz CT molecular complexity index is 97.6. The van der Waals surface area contributed by atoms with Crippen LogP contribution >= 0.6 is 15.9 Å². The lowest BCUT2D eigenvalue weighted by Gasteiger charge is -2.15. The van der Waals surface area contributed by atoms with E-state index >= 15 is 0 Å². The van der Waals surface area contributed by atoms with Gasteiger partial charge in [0.1, 0.15) is 0 Å². The predicted octanol–water partition coefficient (Wildman–Crippen LogP) is 2.82. The van der Waals surface area contributed by atoms with Gasteiger partial charge in [0, 0.05) is 10.2 Å². The first-order chi connectivity index (χ1) is 4.09. The fraction of sp³-hybridized carbons (Fsp3) is 1.00. The zero-order chi connectivity index (χ0) is 7.07. The maximum atomic E-state index is 12.1. The van der Waals surface area contributed by atoms with E-state index in [0.29, 0.717) is 12.8 Å². The summed E-state index contributed by atoms with van der Waals surface area (Å²) in [4.78, 5) is -0.0370. The summed E-state index contributed by atoms with van der Waals surface area (Å²) < 4.78 is 24.2. The van der Waals surface area contributed by atoms with E-state index < -0.39 is 11.8 Å². The number of hydrogen-bond donors (Lipinski definition) is 0. The topological polar surface area (TPSA) is 0 Å². The molecule has 1 rings (SSSR count). The van der Waals surface area contributed by atoms with Crippen LogP contribution in [0, 0.1) is 5.41 Å². The highest BCUT2D eigenvalue weighted by molar-refractivity contribution is 9.09. The van der Waals surface area contributed by atoms with Crippen molar-refractivity contribution in [3.05, 3.63) is 0 Å². The zero-order valence-corrected chi connectivity index (χ0v) is 6.79. The van der Waals surface area contributed by atoms with E-state index in [1.807, 2.05) is 0 Å². The lowest BCUT2D eigenvalue weighted by Crippen LogP contribution is -2.20. The van der Waals surface area contributed by atoms with Crippen molar-refractivity contribution in [1.29, 1.82) is 0 Å². The lowest BCUT2D eigenvalue weighted by molar-refractivity contribution is 0.0636. The van der Waals surface area contributed by atoms with Crippen molar-refractivity contribution in [2.45, 2.75) is 31.0 Å². The minimum Gasteiger partial charge on any atom is -0.210 e. The van der Waals surface area contributed by atoms with Crippen LogP contribution < -0.4 is 0 Å². The van der Waals surface area contributed by atoms with Gasteiger partial charge in [0.05, 0.1) is 0 Å². The molecule has 0 aromatic heterocycles. The second kappa shape index (κ2) is 2.19. The molecule has 3 heteroatoms. The summed E-state index contributed by atoms with van der Waals surface area (Å²) in [6.45, 7) is 1.79. The van der Waals surface area contributed by atoms with E-state index in [1.54, 1.807) is 6.92 Å². The summed E-state index contributed by atoms with van der Waals surface area (Å²) >= 11 is 3.18. The molecule has 1 aliphatic rings. The van der Waals surface area contributed by atoms with Crippen molar-refractivity contribution in [1.82, 2.24) is 0 Å². The average molecular weight is 199 g/mol. The summed E-state index contributed by atoms with van der Waals surface area (Å²) in [5, 5.41) is 0. The van der Waals surface area contributed by atoms with Gasteiger partial charge < -0.3 is 0 Å². The van der Waals surface area contributed by atoms with Crippen LogP contribution in [-0.2, 0) is 0 Å². The molecule has 0 aromatic carbocycles. The summed E-state index contributed by atoms with van der Waals surface area (Å²) in [7, 11) is 0. The summed E-state index contributed by atoms with van der Waals surface area (Å²) in [6, 6.07) is 0. The van der Waals surface area contributed by atoms with E-state index in [2.05, 4.69) is 15.9 Å². The average Bonchev–Trinajstić information content (AvgIpc) is 2.40. The Balaban J connectivity index is 2.52. The molecule has 0 heterocycles. The highest BCUT2D eigenvalue weighted by atomic mass is 79.9. The molecule has 1 saturated carbocycles. The Morgan fingerprint density at radius 1 is 1.44 bits per heavy atom. The molecule has 1 fully saturated rings. The van der Waals surface area contributed by atoms with Crippen LogP contribution in [0.15, 0.2) is 0 Å². The Kier molecular flexibility index (Phi) is 1.81. The third-order valence-corrected chi connectivity index (χ3v) is 2.97. The zero-order valence-electron chi connectivity index (χ0n) is 5.20. The van der Waals surface area contributed by atoms with Gasteiger partial charge in [-0.1, -0.05) is 22.9 Å². The first kappa shape index (κ1) is 7.45. The molecule has 1 aliphatic carbocycles. The van der Waals surface area contributed by atoms with Crippen LogP contribution in [0.2, 0.25) is 0 Å². The van der Waals surface area contributed by atoms with Crippen LogP contribution in [0.1, 0.15) is 19.8 Å². The molecule has 0 nitrogen and oxygen atoms in total. The Hall–Kier alpha value is 0.340. The Morgan fingerprint density at radius 2 is 1.89 bits per heavy atom. The van der Waals surface area contributed by atoms with Crippen LogP contribution in [0.5, 0.6) is 0 Å². The molecule has 0 radical (unpaired) electrons. The molecule has 0 spiro atoms. The second-order valence-electron chi connectivity index (χ2n) is 2.65. The molecule has 0 N–H and O–H groups in total. The normalized spacial score (nSPS) is 26.3. The number of rotatable bonds is 2. The van der Waals surface area contributed by atoms with Crippen LogP contribution in [0.25, 0.3) is 0 Å². The van der Waals surface area contributed by atoms with E-state index in [1.165, 1.54) is 0 Å². The fourth-order valence-electron chi connectivity index (χ4n) is 0.934. The molecule has 54 valence electrons. The van der Waals surface area contributed by atoms with Gasteiger partial charge in [-0.15, -0.1) is 0 Å². The molecular formula is C6H9BrF2. The van der Waals surface area contributed by atoms with Gasteiger partial charge in [0.2, 0.25) is 6.43 Å². The second-order valence-corrected chi connectivity index (χ2v) is 4.02. The molecule has 0 saturated heterocycles. The SMILES string of the molecule is CC(Br)C1(C(F)F)CC1. The first-order valence-corrected chi connectivity index (χ1v) is 3.93. The first-order valence-electron chi connectivity index (χ1n) is 3.02. The highest BCUT2D eigenvalue weighted by Crippen LogP contribution is 2.55. The van der Waals surface area contributed by atoms with Gasteiger partial charge in [0.25, 0.3) is 0 Å². The van der Waals surface area contributed by atoms with E-state index in [9.17, 15) is 8.78 Å². The third kappa shape index (κ3) is 1.11. The monoisotopic (exact) mass is 198 g/mol. The summed E-state index contributed by atoms with van der Waals surface area (Å²) in [6.07, 6.45) is -0.791. The fourth-order valence-corrected chi connectivity index (χ4v) is 1.59. The molecular weight excluding hydrogens is 190 g/mol. The number of alkyl halides is 3. The van der Waals surface area contributed by atoms with Gasteiger partial charge in [-0.25, -0.2) is 8.78 Å². The molecule has 1 atom stereocenters. The van der Waals surface area contributed by atoms with E-state index in [4.69, 9.17) is 0 Å². The van der Waals surface area contributed by atoms with Gasteiger partial charge in [-0.2, -0.15) is 0 Å². The van der Waals surface area contributed by atoms with E-state index in [0.717, 1.165) is 0 Å². The standard InChI is InChI=1S/C6H9BrF2/c1-4(7)6(2-3-6)5(8)9/h4-5H,2-3H2,1H3. The maximum Gasteiger partial charge on any atom is 0.245 e. The van der Waals surface area contributed by atoms with E-state index in [-0.39, 0.29) is 4.83 Å². The molecule has 0 amide bonds. The lowest BCUT2D eigenvalue weighted by atomic mass is 10.1. The van der Waals surface area contributed by atoms with Gasteiger partial charge in [0.15, 0.2) is 0 Å². The van der Waals surface area contributed by atoms with Crippen molar-refractivity contribution in [3.63, 3.8) is 0 Å². The van der Waals surface area contributed by atoms with Crippen molar-refractivity contribution < 1.29 is 8.78 Å². The Morgan fingerprint density at radius 3 is 1.89 bits per heavy atom. The smallest absolute Gasteiger partial charge is 0.210 e. The molecule has 0 aliphatic heterocycles. The highest BCUT2D eigenvalue weighted by Gasteiger charge is 2.54. The molecule has 0 bridgehead atoms. The largest absolute Gasteiger partial charge is 0.245 e. The number of halogens is 3. The van der Waals surface area contributed by atoms with Crippen LogP contribution in [-0.4, -0.2) is 11.3 Å². The van der Waals surface area contributed by atoms with Crippen molar-refractivity contribution in [3.8, 4) is 0 Å². The molecule has 9 heavy (non-hydrogen) atoms. The molecule has 0 aromatic rings. The number of hydrogen-bond acceptors (Lipinski definition) is 0. The van der Waals surface area contributed by atoms with Crippen molar-refractivity contribution in [2.24, 2.45) is 5.41 Å². The van der Waals surface area contributed by atoms with Crippen molar-refractivity contribution >= 4 is 15.9 Å². The van der Waals surface area contributed by atoms with Crippen molar-refractivity contribution in [2.75, 3.05) is 0 Å². The van der Waals surface area contributed by atoms with Gasteiger partial charge in [-0.05, 0) is 12.8 Å². The van der Waals surface area contributed by atoms with Gasteiger partial charge >= 0.3 is 0 Å². The quantitative estimate of drug-likeness (QED) is 0.600. The third-order valence-electron chi connectivity index (χ3n) is 2.05. The minimum absolute atomic E-state index is 0.0370. The summed E-state index contributed by atoms with van der Waals surface area (Å²) in [5.41, 5.74) is -0.667. The minimum atomic E-state index is -2.15. The Labute approximate surface area is 61.8 Å². The molecule has 1 unspecified atom stereocenters. The summed E-state index contributed by atoms with van der Waals surface area (Å²) in [5.74, 6) is 0. The predicted molar refractivity (Wildman–Crippen MR) is 36.1 cm³/mol. The van der Waals surface area contributed by atoms with Gasteiger partial charge in [-0.3, -0.25) is 0 Å². The van der Waals surface area contributed by atoms with Crippen LogP contribution in [0.3, 0.4) is 0 Å². The van der Waals surface area contributed by atoms with Crippen LogP contribution in [0.4, 0.5) is 8.78 Å².